The number of aromatic amines is 1. The van der Waals surface area contributed by atoms with E-state index in [0.717, 1.165) is 46.8 Å². The molecule has 33 heavy (non-hydrogen) atoms. The zero-order chi connectivity index (χ0) is 22.0. The third kappa shape index (κ3) is 3.90. The van der Waals surface area contributed by atoms with Gasteiger partial charge >= 0.3 is 0 Å². The Hall–Kier alpha value is -4.24. The van der Waals surface area contributed by atoms with E-state index in [2.05, 4.69) is 37.5 Å². The van der Waals surface area contributed by atoms with E-state index in [4.69, 9.17) is 14.8 Å². The Bertz CT molecular complexity index is 1430. The van der Waals surface area contributed by atoms with Crippen LogP contribution in [0.5, 0.6) is 0 Å². The fourth-order valence-corrected chi connectivity index (χ4v) is 4.03. The van der Waals surface area contributed by atoms with E-state index in [1.807, 2.05) is 47.2 Å². The largest absolute Gasteiger partial charge is 0.378 e. The molecule has 0 unspecified atom stereocenters. The maximum absolute atomic E-state index is 5.54. The van der Waals surface area contributed by atoms with Gasteiger partial charge in [0.15, 0.2) is 11.5 Å². The Morgan fingerprint density at radius 3 is 2.82 bits per heavy atom. The highest BCUT2D eigenvalue weighted by molar-refractivity contribution is 5.89. The molecular formula is C24H22N8O. The molecule has 5 heterocycles. The minimum atomic E-state index is 0.639. The summed E-state index contributed by atoms with van der Waals surface area (Å²) in [6, 6.07) is 14.1. The van der Waals surface area contributed by atoms with Gasteiger partial charge in [-0.2, -0.15) is 5.10 Å². The molecule has 0 saturated carbocycles. The van der Waals surface area contributed by atoms with Crippen LogP contribution < -0.4 is 10.3 Å². The number of hydrazone groups is 1. The van der Waals surface area contributed by atoms with E-state index in [1.165, 1.54) is 5.39 Å². The predicted octanol–water partition coefficient (Wildman–Crippen LogP) is 3.56. The maximum atomic E-state index is 5.54. The van der Waals surface area contributed by atoms with Gasteiger partial charge in [0.25, 0.3) is 0 Å². The van der Waals surface area contributed by atoms with Crippen molar-refractivity contribution in [1.82, 2.24) is 24.6 Å². The van der Waals surface area contributed by atoms with E-state index in [9.17, 15) is 0 Å². The van der Waals surface area contributed by atoms with E-state index in [-0.39, 0.29) is 0 Å². The zero-order valence-corrected chi connectivity index (χ0v) is 17.8. The number of anilines is 2. The Morgan fingerprint density at radius 2 is 1.94 bits per heavy atom. The molecule has 6 rings (SSSR count). The lowest BCUT2D eigenvalue weighted by Gasteiger charge is -2.29. The van der Waals surface area contributed by atoms with Gasteiger partial charge in [0.2, 0.25) is 0 Å². The number of fused-ring (bicyclic) bond motifs is 2. The van der Waals surface area contributed by atoms with E-state index < -0.39 is 0 Å². The molecule has 0 atom stereocenters. The Morgan fingerprint density at radius 1 is 1.06 bits per heavy atom. The number of H-pyrrole nitrogens is 1. The number of rotatable bonds is 5. The Balaban J connectivity index is 1.34. The van der Waals surface area contributed by atoms with Gasteiger partial charge in [-0.3, -0.25) is 10.4 Å². The number of ether oxygens (including phenoxy) is 1. The normalized spacial score (nSPS) is 14.5. The minimum absolute atomic E-state index is 0.639. The average molecular weight is 438 g/mol. The first kappa shape index (κ1) is 19.4. The fourth-order valence-electron chi connectivity index (χ4n) is 4.03. The number of hydrogen-bond donors (Lipinski definition) is 2. The smallest absolute Gasteiger partial charge is 0.177 e. The van der Waals surface area contributed by atoms with Gasteiger partial charge in [-0.1, -0.05) is 12.1 Å². The van der Waals surface area contributed by atoms with Crippen molar-refractivity contribution in [2.24, 2.45) is 5.10 Å². The molecule has 164 valence electrons. The molecule has 2 N–H and O–H groups in total. The third-order valence-electron chi connectivity index (χ3n) is 5.71. The van der Waals surface area contributed by atoms with Gasteiger partial charge in [0, 0.05) is 48.8 Å². The standard InChI is InChI=1S/C24H22N8O/c1-2-18-5-8-26-20(18)13-17(1)15-27-29-23-14-22(31-9-11-33-12-10-31)24-28-21(16-32(24)30-23)19-3-6-25-7-4-19/h1-8,13-16,26H,9-12H2,(H,29,30)/b27-15+. The topological polar surface area (TPSA) is 95.7 Å². The predicted molar refractivity (Wildman–Crippen MR) is 129 cm³/mol. The summed E-state index contributed by atoms with van der Waals surface area (Å²) in [5, 5.41) is 10.3. The number of pyridine rings is 1. The molecule has 0 radical (unpaired) electrons. The molecule has 4 aromatic heterocycles. The lowest BCUT2D eigenvalue weighted by atomic mass is 10.2. The first-order valence-corrected chi connectivity index (χ1v) is 10.8. The van der Waals surface area contributed by atoms with Gasteiger partial charge in [0.05, 0.1) is 37.0 Å². The summed E-state index contributed by atoms with van der Waals surface area (Å²) in [6.45, 7) is 2.98. The molecule has 5 aromatic rings. The van der Waals surface area contributed by atoms with Crippen LogP contribution in [0.3, 0.4) is 0 Å². The summed E-state index contributed by atoms with van der Waals surface area (Å²) >= 11 is 0. The molecule has 1 aliphatic heterocycles. The average Bonchev–Trinajstić information content (AvgIpc) is 3.51. The van der Waals surface area contributed by atoms with Gasteiger partial charge in [0.1, 0.15) is 0 Å². The number of morpholine rings is 1. The van der Waals surface area contributed by atoms with Crippen LogP contribution in [-0.2, 0) is 4.74 Å². The summed E-state index contributed by atoms with van der Waals surface area (Å²) in [7, 11) is 0. The van der Waals surface area contributed by atoms with Crippen molar-refractivity contribution in [3.63, 3.8) is 0 Å². The van der Waals surface area contributed by atoms with E-state index >= 15 is 0 Å². The van der Waals surface area contributed by atoms with Crippen LogP contribution in [0.4, 0.5) is 11.5 Å². The summed E-state index contributed by atoms with van der Waals surface area (Å²) in [5.74, 6) is 0.639. The second kappa shape index (κ2) is 8.36. The highest BCUT2D eigenvalue weighted by atomic mass is 16.5. The Kier molecular flexibility index (Phi) is 4.93. The number of benzene rings is 1. The van der Waals surface area contributed by atoms with Crippen molar-refractivity contribution < 1.29 is 4.74 Å². The molecule has 1 aromatic carbocycles. The molecule has 9 nitrogen and oxygen atoms in total. The highest BCUT2D eigenvalue weighted by Crippen LogP contribution is 2.27. The number of hydrogen-bond acceptors (Lipinski definition) is 7. The number of aromatic nitrogens is 5. The van der Waals surface area contributed by atoms with Crippen LogP contribution in [0.15, 0.2) is 72.4 Å². The van der Waals surface area contributed by atoms with Crippen LogP contribution in [0.1, 0.15) is 5.56 Å². The van der Waals surface area contributed by atoms with Gasteiger partial charge in [-0.25, -0.2) is 9.50 Å². The first-order valence-electron chi connectivity index (χ1n) is 10.8. The van der Waals surface area contributed by atoms with E-state index in [0.29, 0.717) is 19.0 Å². The van der Waals surface area contributed by atoms with Crippen molar-refractivity contribution in [3.05, 3.63) is 72.8 Å². The molecule has 1 fully saturated rings. The highest BCUT2D eigenvalue weighted by Gasteiger charge is 2.18. The van der Waals surface area contributed by atoms with Crippen molar-refractivity contribution in [2.45, 2.75) is 0 Å². The molecule has 0 aliphatic carbocycles. The van der Waals surface area contributed by atoms with Gasteiger partial charge < -0.3 is 14.6 Å². The van der Waals surface area contributed by atoms with Crippen molar-refractivity contribution >= 4 is 34.3 Å². The molecule has 0 bridgehead atoms. The van der Waals surface area contributed by atoms with Crippen molar-refractivity contribution in [3.8, 4) is 11.3 Å². The molecular weight excluding hydrogens is 416 g/mol. The van der Waals surface area contributed by atoms with Crippen molar-refractivity contribution in [1.29, 1.82) is 0 Å². The van der Waals surface area contributed by atoms with Crippen LogP contribution >= 0.6 is 0 Å². The summed E-state index contributed by atoms with van der Waals surface area (Å²) in [6.07, 6.45) is 9.19. The zero-order valence-electron chi connectivity index (χ0n) is 17.8. The second-order valence-electron chi connectivity index (χ2n) is 7.84. The van der Waals surface area contributed by atoms with Crippen LogP contribution in [0.25, 0.3) is 27.8 Å². The minimum Gasteiger partial charge on any atom is -0.378 e. The van der Waals surface area contributed by atoms with E-state index in [1.54, 1.807) is 18.6 Å². The van der Waals surface area contributed by atoms with Crippen LogP contribution in [0, 0.1) is 0 Å². The first-order chi connectivity index (χ1) is 16.3. The molecule has 1 saturated heterocycles. The number of nitrogens with one attached hydrogen (secondary N) is 2. The second-order valence-corrected chi connectivity index (χ2v) is 7.84. The monoisotopic (exact) mass is 438 g/mol. The van der Waals surface area contributed by atoms with Gasteiger partial charge in [-0.15, -0.1) is 5.10 Å². The summed E-state index contributed by atoms with van der Waals surface area (Å²) in [4.78, 5) is 14.5. The SMILES string of the molecule is C(=N\Nc1cc(N2CCOCC2)c2nc(-c3ccncc3)cn2n1)/c1ccc2cc[nH]c2c1. The van der Waals surface area contributed by atoms with Gasteiger partial charge in [-0.05, 0) is 35.2 Å². The molecule has 9 heteroatoms. The lowest BCUT2D eigenvalue weighted by Crippen LogP contribution is -2.36. The number of imidazole rings is 1. The summed E-state index contributed by atoms with van der Waals surface area (Å²) < 4.78 is 7.35. The van der Waals surface area contributed by atoms with Crippen LogP contribution in [-0.4, -0.2) is 57.1 Å². The summed E-state index contributed by atoms with van der Waals surface area (Å²) in [5.41, 5.74) is 8.80. The maximum Gasteiger partial charge on any atom is 0.177 e. The Labute approximate surface area is 189 Å². The molecule has 0 spiro atoms. The molecule has 1 aliphatic rings. The quantitative estimate of drug-likeness (QED) is 0.322. The fraction of sp³-hybridized carbons (Fsp3) is 0.167. The van der Waals surface area contributed by atoms with Crippen LogP contribution in [0.2, 0.25) is 0 Å². The number of nitrogens with zero attached hydrogens (tertiary/aromatic N) is 6. The molecule has 0 amide bonds. The third-order valence-corrected chi connectivity index (χ3v) is 5.71. The van der Waals surface area contributed by atoms with Crippen molar-refractivity contribution in [2.75, 3.05) is 36.6 Å². The lowest BCUT2D eigenvalue weighted by molar-refractivity contribution is 0.123.